The van der Waals surface area contributed by atoms with Crippen LogP contribution in [0, 0.1) is 0 Å². The van der Waals surface area contributed by atoms with Crippen LogP contribution in [-0.4, -0.2) is 29.9 Å². The molecular formula is C10H12N4O2S. The monoisotopic (exact) mass is 252 g/mol. The van der Waals surface area contributed by atoms with E-state index in [0.29, 0.717) is 11.3 Å². The zero-order valence-electron chi connectivity index (χ0n) is 9.21. The molecule has 0 aromatic carbocycles. The quantitative estimate of drug-likeness (QED) is 0.832. The van der Waals surface area contributed by atoms with Gasteiger partial charge < -0.3 is 5.73 Å². The number of aromatic nitrogens is 3. The van der Waals surface area contributed by atoms with Crippen LogP contribution in [0.15, 0.2) is 24.5 Å². The van der Waals surface area contributed by atoms with Crippen molar-refractivity contribution in [3.05, 3.63) is 30.2 Å². The molecule has 6 nitrogen and oxygen atoms in total. The fourth-order valence-electron chi connectivity index (χ4n) is 1.60. The number of nitrogen functional groups attached to an aromatic ring is 1. The first-order valence-corrected chi connectivity index (χ1v) is 6.94. The number of hydrogen-bond donors (Lipinski definition) is 2. The first-order valence-electron chi connectivity index (χ1n) is 4.88. The van der Waals surface area contributed by atoms with Crippen LogP contribution in [0.25, 0.3) is 11.1 Å². The lowest BCUT2D eigenvalue weighted by Crippen LogP contribution is -2.02. The van der Waals surface area contributed by atoms with E-state index in [1.54, 1.807) is 24.5 Å². The van der Waals surface area contributed by atoms with Crippen molar-refractivity contribution in [3.8, 4) is 11.1 Å². The number of nitrogens with one attached hydrogen (secondary N) is 1. The molecule has 0 aliphatic rings. The van der Waals surface area contributed by atoms with E-state index in [1.165, 1.54) is 6.26 Å². The van der Waals surface area contributed by atoms with Crippen molar-refractivity contribution in [2.24, 2.45) is 0 Å². The Morgan fingerprint density at radius 3 is 2.59 bits per heavy atom. The summed E-state index contributed by atoms with van der Waals surface area (Å²) in [4.78, 5) is 3.90. The van der Waals surface area contributed by atoms with E-state index in [0.717, 1.165) is 5.56 Å². The van der Waals surface area contributed by atoms with Gasteiger partial charge in [-0.05, 0) is 17.7 Å². The molecule has 3 N–H and O–H groups in total. The fraction of sp³-hybridized carbons (Fsp3) is 0.200. The maximum absolute atomic E-state index is 11.3. The smallest absolute Gasteiger partial charge is 0.153 e. The molecule has 0 bridgehead atoms. The first kappa shape index (κ1) is 11.6. The van der Waals surface area contributed by atoms with Crippen molar-refractivity contribution < 1.29 is 8.42 Å². The highest BCUT2D eigenvalue weighted by Crippen LogP contribution is 2.28. The second-order valence-electron chi connectivity index (χ2n) is 3.77. The summed E-state index contributed by atoms with van der Waals surface area (Å²) in [7, 11) is -3.14. The van der Waals surface area contributed by atoms with E-state index in [1.807, 2.05) is 0 Å². The van der Waals surface area contributed by atoms with Gasteiger partial charge in [-0.15, -0.1) is 0 Å². The molecule has 7 heteroatoms. The summed E-state index contributed by atoms with van der Waals surface area (Å²) in [5, 5.41) is 6.50. The van der Waals surface area contributed by atoms with E-state index >= 15 is 0 Å². The van der Waals surface area contributed by atoms with E-state index in [4.69, 9.17) is 5.73 Å². The second kappa shape index (κ2) is 4.17. The Hall–Kier alpha value is -1.89. The summed E-state index contributed by atoms with van der Waals surface area (Å²) in [5.74, 6) is 0.171. The zero-order chi connectivity index (χ0) is 12.5. The highest BCUT2D eigenvalue weighted by molar-refractivity contribution is 7.89. The van der Waals surface area contributed by atoms with E-state index < -0.39 is 9.84 Å². The predicted molar refractivity (Wildman–Crippen MR) is 64.8 cm³/mol. The van der Waals surface area contributed by atoms with Gasteiger partial charge >= 0.3 is 0 Å². The van der Waals surface area contributed by atoms with Gasteiger partial charge in [0.05, 0.1) is 11.4 Å². The van der Waals surface area contributed by atoms with Crippen LogP contribution in [-0.2, 0) is 15.6 Å². The molecule has 2 aromatic heterocycles. The van der Waals surface area contributed by atoms with Crippen molar-refractivity contribution in [3.63, 3.8) is 0 Å². The number of pyridine rings is 1. The predicted octanol–water partition coefficient (Wildman–Crippen LogP) is 0.598. The van der Waals surface area contributed by atoms with E-state index in [-0.39, 0.29) is 11.6 Å². The Morgan fingerprint density at radius 1 is 1.35 bits per heavy atom. The van der Waals surface area contributed by atoms with Crippen molar-refractivity contribution in [2.45, 2.75) is 5.75 Å². The number of H-pyrrole nitrogens is 1. The largest absolute Gasteiger partial charge is 0.382 e. The van der Waals surface area contributed by atoms with Crippen molar-refractivity contribution >= 4 is 15.7 Å². The summed E-state index contributed by atoms with van der Waals surface area (Å²) in [6.07, 6.45) is 4.40. The zero-order valence-corrected chi connectivity index (χ0v) is 10.0. The standard InChI is InChI=1S/C10H12N4O2S/c1-17(15,16)6-8-9(10(11)14-13-8)7-2-4-12-5-3-7/h2-5H,6H2,1H3,(H3,11,13,14). The molecule has 0 unspecified atom stereocenters. The lowest BCUT2D eigenvalue weighted by atomic mass is 10.1. The summed E-state index contributed by atoms with van der Waals surface area (Å²) < 4.78 is 22.6. The number of hydrogen-bond acceptors (Lipinski definition) is 5. The Kier molecular flexibility index (Phi) is 2.84. The molecule has 0 spiro atoms. The van der Waals surface area contributed by atoms with Crippen LogP contribution in [0.1, 0.15) is 5.69 Å². The average Bonchev–Trinajstić information content (AvgIpc) is 2.58. The van der Waals surface area contributed by atoms with Gasteiger partial charge in [-0.2, -0.15) is 5.10 Å². The van der Waals surface area contributed by atoms with Crippen molar-refractivity contribution in [2.75, 3.05) is 12.0 Å². The summed E-state index contributed by atoms with van der Waals surface area (Å²) >= 11 is 0. The van der Waals surface area contributed by atoms with Crippen LogP contribution in [0.2, 0.25) is 0 Å². The van der Waals surface area contributed by atoms with Crippen LogP contribution < -0.4 is 5.73 Å². The van der Waals surface area contributed by atoms with Gasteiger partial charge in [0.1, 0.15) is 0 Å². The highest BCUT2D eigenvalue weighted by Gasteiger charge is 2.16. The third kappa shape index (κ3) is 2.62. The van der Waals surface area contributed by atoms with Gasteiger partial charge in [0, 0.05) is 24.2 Å². The van der Waals surface area contributed by atoms with Crippen LogP contribution >= 0.6 is 0 Å². The Labute approximate surface area is 98.8 Å². The normalized spacial score (nSPS) is 11.6. The van der Waals surface area contributed by atoms with Crippen molar-refractivity contribution in [1.82, 2.24) is 15.2 Å². The average molecular weight is 252 g/mol. The molecule has 0 fully saturated rings. The van der Waals surface area contributed by atoms with Gasteiger partial charge in [0.15, 0.2) is 15.7 Å². The Balaban J connectivity index is 2.51. The minimum absolute atomic E-state index is 0.116. The molecule has 0 atom stereocenters. The fourth-order valence-corrected chi connectivity index (χ4v) is 2.33. The third-order valence-corrected chi connectivity index (χ3v) is 3.06. The molecule has 2 heterocycles. The topological polar surface area (TPSA) is 102 Å². The molecule has 90 valence electrons. The minimum atomic E-state index is -3.14. The van der Waals surface area contributed by atoms with Crippen molar-refractivity contribution in [1.29, 1.82) is 0 Å². The van der Waals surface area contributed by atoms with E-state index in [2.05, 4.69) is 15.2 Å². The Morgan fingerprint density at radius 2 is 2.00 bits per heavy atom. The second-order valence-corrected chi connectivity index (χ2v) is 5.91. The summed E-state index contributed by atoms with van der Waals surface area (Å²) in [5.41, 5.74) is 7.65. The first-order chi connectivity index (χ1) is 7.97. The summed E-state index contributed by atoms with van der Waals surface area (Å²) in [6, 6.07) is 3.51. The molecule has 17 heavy (non-hydrogen) atoms. The third-order valence-electron chi connectivity index (χ3n) is 2.24. The van der Waals surface area contributed by atoms with Gasteiger partial charge in [-0.25, -0.2) is 8.42 Å². The number of sulfone groups is 1. The maximum atomic E-state index is 11.3. The number of nitrogens with two attached hydrogens (primary N) is 1. The van der Waals surface area contributed by atoms with Crippen LogP contribution in [0.5, 0.6) is 0 Å². The number of rotatable bonds is 3. The van der Waals surface area contributed by atoms with Crippen LogP contribution in [0.3, 0.4) is 0 Å². The van der Waals surface area contributed by atoms with E-state index in [9.17, 15) is 8.42 Å². The molecule has 0 radical (unpaired) electrons. The molecule has 0 aliphatic carbocycles. The molecule has 0 amide bonds. The molecule has 0 saturated carbocycles. The number of anilines is 1. The highest BCUT2D eigenvalue weighted by atomic mass is 32.2. The molecule has 2 aromatic rings. The van der Waals surface area contributed by atoms with Crippen LogP contribution in [0.4, 0.5) is 5.82 Å². The van der Waals surface area contributed by atoms with Gasteiger partial charge in [-0.3, -0.25) is 10.1 Å². The Bertz CT molecular complexity index is 619. The lowest BCUT2D eigenvalue weighted by Gasteiger charge is -2.02. The molecule has 2 rings (SSSR count). The van der Waals surface area contributed by atoms with Gasteiger partial charge in [0.25, 0.3) is 0 Å². The number of aromatic amines is 1. The SMILES string of the molecule is CS(=O)(=O)Cc1[nH]nc(N)c1-c1ccncc1. The molecule has 0 aliphatic heterocycles. The number of nitrogens with zero attached hydrogens (tertiary/aromatic N) is 2. The maximum Gasteiger partial charge on any atom is 0.153 e. The molecule has 0 saturated heterocycles. The van der Waals surface area contributed by atoms with Gasteiger partial charge in [-0.1, -0.05) is 0 Å². The summed E-state index contributed by atoms with van der Waals surface area (Å²) in [6.45, 7) is 0. The van der Waals surface area contributed by atoms with Gasteiger partial charge in [0.2, 0.25) is 0 Å². The molecular weight excluding hydrogens is 240 g/mol. The minimum Gasteiger partial charge on any atom is -0.382 e. The lowest BCUT2D eigenvalue weighted by molar-refractivity contribution is 0.600.